The molecule has 2 aromatic heterocycles. The molecule has 0 fully saturated rings. The van der Waals surface area contributed by atoms with Crippen LogP contribution in [0.4, 0.5) is 11.6 Å². The molecular weight excluding hydrogens is 292 g/mol. The Bertz CT molecular complexity index is 786. The lowest BCUT2D eigenvalue weighted by atomic mass is 10.3. The molecule has 1 amide bonds. The second-order valence-corrected chi connectivity index (χ2v) is 4.97. The number of carbonyl (C=O) groups is 1. The molecule has 0 aliphatic carbocycles. The van der Waals surface area contributed by atoms with Gasteiger partial charge < -0.3 is 15.1 Å². The molecule has 0 saturated heterocycles. The number of nitrogens with one attached hydrogen (secondary N) is 2. The maximum absolute atomic E-state index is 12.2. The maximum atomic E-state index is 12.2. The smallest absolute Gasteiger partial charge is 0.270 e. The predicted molar refractivity (Wildman–Crippen MR) is 86.4 cm³/mol. The fourth-order valence-corrected chi connectivity index (χ4v) is 2.06. The molecule has 6 heteroatoms. The molecular formula is C17H16N4O2. The molecule has 3 aromatic rings. The quantitative estimate of drug-likeness (QED) is 0.757. The van der Waals surface area contributed by atoms with Crippen LogP contribution in [0, 0.1) is 6.92 Å². The topological polar surface area (TPSA) is 80.0 Å². The summed E-state index contributed by atoms with van der Waals surface area (Å²) in [6.45, 7) is 2.14. The minimum atomic E-state index is -0.275. The van der Waals surface area contributed by atoms with E-state index in [-0.39, 0.29) is 5.91 Å². The lowest BCUT2D eigenvalue weighted by Crippen LogP contribution is -2.24. The number of nitrogens with zero attached hydrogens (tertiary/aromatic N) is 2. The first-order chi connectivity index (χ1) is 11.2. The number of benzene rings is 1. The molecule has 0 aliphatic heterocycles. The molecule has 0 bridgehead atoms. The lowest BCUT2D eigenvalue weighted by molar-refractivity contribution is 0.0943. The van der Waals surface area contributed by atoms with Gasteiger partial charge >= 0.3 is 0 Å². The van der Waals surface area contributed by atoms with E-state index >= 15 is 0 Å². The lowest BCUT2D eigenvalue weighted by Gasteiger charge is -2.08. The Hall–Kier alpha value is -3.15. The number of aryl methyl sites for hydroxylation is 1. The van der Waals surface area contributed by atoms with Crippen LogP contribution in [0.1, 0.15) is 21.9 Å². The molecule has 3 rings (SSSR count). The van der Waals surface area contributed by atoms with Gasteiger partial charge in [0.15, 0.2) is 0 Å². The molecule has 0 atom stereocenters. The highest BCUT2D eigenvalue weighted by Crippen LogP contribution is 2.13. The second kappa shape index (κ2) is 6.74. The minimum Gasteiger partial charge on any atom is -0.467 e. The van der Waals surface area contributed by atoms with Crippen LogP contribution < -0.4 is 10.6 Å². The second-order valence-electron chi connectivity index (χ2n) is 4.97. The van der Waals surface area contributed by atoms with Gasteiger partial charge in [-0.2, -0.15) is 0 Å². The average molecular weight is 308 g/mol. The fourth-order valence-electron chi connectivity index (χ4n) is 2.06. The molecule has 1 aromatic carbocycles. The Morgan fingerprint density at radius 2 is 1.96 bits per heavy atom. The Kier molecular flexibility index (Phi) is 4.33. The Morgan fingerprint density at radius 3 is 2.70 bits per heavy atom. The number of anilines is 2. The molecule has 2 N–H and O–H groups in total. The van der Waals surface area contributed by atoms with Crippen LogP contribution >= 0.6 is 0 Å². The van der Waals surface area contributed by atoms with E-state index in [0.29, 0.717) is 29.6 Å². The van der Waals surface area contributed by atoms with Crippen molar-refractivity contribution < 1.29 is 9.21 Å². The summed E-state index contributed by atoms with van der Waals surface area (Å²) in [6, 6.07) is 14.8. The van der Waals surface area contributed by atoms with Gasteiger partial charge in [-0.05, 0) is 37.3 Å². The van der Waals surface area contributed by atoms with Crippen LogP contribution in [0.2, 0.25) is 0 Å². The number of aromatic nitrogens is 2. The van der Waals surface area contributed by atoms with E-state index in [1.54, 1.807) is 24.5 Å². The number of rotatable bonds is 5. The molecule has 23 heavy (non-hydrogen) atoms. The zero-order valence-corrected chi connectivity index (χ0v) is 12.6. The van der Waals surface area contributed by atoms with Crippen LogP contribution in [-0.2, 0) is 6.54 Å². The Morgan fingerprint density at radius 1 is 1.13 bits per heavy atom. The van der Waals surface area contributed by atoms with E-state index in [1.165, 1.54) is 0 Å². The summed E-state index contributed by atoms with van der Waals surface area (Å²) in [4.78, 5) is 20.8. The van der Waals surface area contributed by atoms with E-state index in [4.69, 9.17) is 4.42 Å². The standard InChI is InChI=1S/C17H16N4O2/c1-12-10-15(16(22)18-11-14-8-5-9-23-14)21-17(19-12)20-13-6-3-2-4-7-13/h2-10H,11H2,1H3,(H,18,22)(H,19,20,21). The van der Waals surface area contributed by atoms with Crippen LogP contribution in [0.25, 0.3) is 0 Å². The fraction of sp³-hybridized carbons (Fsp3) is 0.118. The number of para-hydroxylation sites is 1. The molecule has 6 nitrogen and oxygen atoms in total. The summed E-state index contributed by atoms with van der Waals surface area (Å²) in [5.41, 5.74) is 1.88. The number of hydrogen-bond donors (Lipinski definition) is 2. The summed E-state index contributed by atoms with van der Waals surface area (Å²) in [6.07, 6.45) is 1.57. The van der Waals surface area contributed by atoms with Gasteiger partial charge in [-0.3, -0.25) is 4.79 Å². The first-order valence-electron chi connectivity index (χ1n) is 7.19. The molecule has 0 unspecified atom stereocenters. The third-order valence-corrected chi connectivity index (χ3v) is 3.12. The summed E-state index contributed by atoms with van der Waals surface area (Å²) in [7, 11) is 0. The van der Waals surface area contributed by atoms with E-state index in [2.05, 4.69) is 20.6 Å². The van der Waals surface area contributed by atoms with Gasteiger partial charge in [-0.15, -0.1) is 0 Å². The summed E-state index contributed by atoms with van der Waals surface area (Å²) >= 11 is 0. The SMILES string of the molecule is Cc1cc(C(=O)NCc2ccco2)nc(Nc2ccccc2)n1. The van der Waals surface area contributed by atoms with E-state index in [9.17, 15) is 4.79 Å². The van der Waals surface area contributed by atoms with Crippen molar-refractivity contribution in [1.82, 2.24) is 15.3 Å². The van der Waals surface area contributed by atoms with Crippen molar-refractivity contribution in [1.29, 1.82) is 0 Å². The summed E-state index contributed by atoms with van der Waals surface area (Å²) in [5.74, 6) is 0.800. The van der Waals surface area contributed by atoms with E-state index in [1.807, 2.05) is 37.3 Å². The predicted octanol–water partition coefficient (Wildman–Crippen LogP) is 3.05. The van der Waals surface area contributed by atoms with Crippen molar-refractivity contribution in [3.8, 4) is 0 Å². The van der Waals surface area contributed by atoms with Crippen molar-refractivity contribution in [3.05, 3.63) is 71.9 Å². The van der Waals surface area contributed by atoms with Crippen molar-refractivity contribution >= 4 is 17.5 Å². The maximum Gasteiger partial charge on any atom is 0.270 e. The molecule has 0 spiro atoms. The van der Waals surface area contributed by atoms with Gasteiger partial charge in [0.2, 0.25) is 5.95 Å². The molecule has 116 valence electrons. The Balaban J connectivity index is 1.73. The third-order valence-electron chi connectivity index (χ3n) is 3.12. The average Bonchev–Trinajstić information content (AvgIpc) is 3.06. The van der Waals surface area contributed by atoms with Crippen LogP contribution in [0.15, 0.2) is 59.2 Å². The van der Waals surface area contributed by atoms with Gasteiger partial charge in [-0.25, -0.2) is 9.97 Å². The van der Waals surface area contributed by atoms with E-state index in [0.717, 1.165) is 5.69 Å². The first kappa shape index (κ1) is 14.8. The van der Waals surface area contributed by atoms with Crippen molar-refractivity contribution in [3.63, 3.8) is 0 Å². The minimum absolute atomic E-state index is 0.275. The van der Waals surface area contributed by atoms with Crippen molar-refractivity contribution in [2.45, 2.75) is 13.5 Å². The van der Waals surface area contributed by atoms with Crippen LogP contribution in [0.3, 0.4) is 0 Å². The number of amides is 1. The normalized spacial score (nSPS) is 10.3. The largest absolute Gasteiger partial charge is 0.467 e. The van der Waals surface area contributed by atoms with Crippen molar-refractivity contribution in [2.75, 3.05) is 5.32 Å². The van der Waals surface area contributed by atoms with Gasteiger partial charge in [0.05, 0.1) is 12.8 Å². The van der Waals surface area contributed by atoms with E-state index < -0.39 is 0 Å². The molecule has 2 heterocycles. The highest BCUT2D eigenvalue weighted by atomic mass is 16.3. The van der Waals surface area contributed by atoms with Gasteiger partial charge in [0.25, 0.3) is 5.91 Å². The zero-order chi connectivity index (χ0) is 16.1. The first-order valence-corrected chi connectivity index (χ1v) is 7.19. The monoisotopic (exact) mass is 308 g/mol. The molecule has 0 saturated carbocycles. The molecule has 0 radical (unpaired) electrons. The third kappa shape index (κ3) is 3.94. The zero-order valence-electron chi connectivity index (χ0n) is 12.6. The summed E-state index contributed by atoms with van der Waals surface area (Å²) in [5, 5.41) is 5.86. The Labute approximate surface area is 133 Å². The highest BCUT2D eigenvalue weighted by molar-refractivity contribution is 5.92. The number of hydrogen-bond acceptors (Lipinski definition) is 5. The molecule has 0 aliphatic rings. The van der Waals surface area contributed by atoms with Crippen molar-refractivity contribution in [2.24, 2.45) is 0 Å². The number of furan rings is 1. The van der Waals surface area contributed by atoms with Gasteiger partial charge in [0, 0.05) is 11.4 Å². The van der Waals surface area contributed by atoms with Gasteiger partial charge in [0.1, 0.15) is 11.5 Å². The summed E-state index contributed by atoms with van der Waals surface area (Å²) < 4.78 is 5.19. The van der Waals surface area contributed by atoms with Gasteiger partial charge in [-0.1, -0.05) is 18.2 Å². The van der Waals surface area contributed by atoms with Crippen LogP contribution in [-0.4, -0.2) is 15.9 Å². The highest BCUT2D eigenvalue weighted by Gasteiger charge is 2.11. The number of carbonyl (C=O) groups excluding carboxylic acids is 1. The van der Waals surface area contributed by atoms with Crippen LogP contribution in [0.5, 0.6) is 0 Å².